The van der Waals surface area contributed by atoms with E-state index in [0.29, 0.717) is 17.8 Å². The first-order valence-electron chi connectivity index (χ1n) is 9.61. The lowest BCUT2D eigenvalue weighted by Gasteiger charge is -2.41. The lowest BCUT2D eigenvalue weighted by atomic mass is 9.62. The van der Waals surface area contributed by atoms with E-state index < -0.39 is 5.41 Å². The summed E-state index contributed by atoms with van der Waals surface area (Å²) in [4.78, 5) is 24.2. The number of hydrogen-bond donors (Lipinski definition) is 0. The van der Waals surface area contributed by atoms with Crippen molar-refractivity contribution < 1.29 is 14.3 Å². The van der Waals surface area contributed by atoms with E-state index in [1.807, 2.05) is 32.1 Å². The van der Waals surface area contributed by atoms with E-state index in [1.165, 1.54) is 12.7 Å². The topological polar surface area (TPSA) is 43.4 Å². The van der Waals surface area contributed by atoms with E-state index in [4.69, 9.17) is 4.74 Å². The zero-order valence-corrected chi connectivity index (χ0v) is 17.6. The Morgan fingerprint density at radius 3 is 2.25 bits per heavy atom. The Hall–Kier alpha value is -2.68. The van der Waals surface area contributed by atoms with Crippen molar-refractivity contribution in [2.75, 3.05) is 7.11 Å². The molecular weight excluding hydrogens is 348 g/mol. The van der Waals surface area contributed by atoms with Crippen LogP contribution >= 0.6 is 0 Å². The third-order valence-corrected chi connectivity index (χ3v) is 5.90. The highest BCUT2D eigenvalue weighted by atomic mass is 16.5. The number of esters is 1. The van der Waals surface area contributed by atoms with Crippen molar-refractivity contribution in [3.05, 3.63) is 69.8 Å². The van der Waals surface area contributed by atoms with E-state index in [2.05, 4.69) is 39.0 Å². The first-order valence-corrected chi connectivity index (χ1v) is 9.61. The van der Waals surface area contributed by atoms with Crippen LogP contribution in [-0.2, 0) is 20.4 Å². The molecule has 1 aliphatic rings. The SMILES string of the molecule is COC(=O)c1ccc(/C=C/c2cc3c(cc2C)C(C)(C)C(=O)CC3(C)C)cc1. The van der Waals surface area contributed by atoms with Crippen molar-refractivity contribution in [1.29, 1.82) is 0 Å². The van der Waals surface area contributed by atoms with Crippen molar-refractivity contribution >= 4 is 23.9 Å². The molecule has 0 radical (unpaired) electrons. The lowest BCUT2D eigenvalue weighted by Crippen LogP contribution is -2.42. The van der Waals surface area contributed by atoms with Gasteiger partial charge in [-0.3, -0.25) is 4.79 Å². The Balaban J connectivity index is 1.97. The second kappa shape index (κ2) is 7.05. The van der Waals surface area contributed by atoms with Crippen LogP contribution in [0.5, 0.6) is 0 Å². The van der Waals surface area contributed by atoms with E-state index in [0.717, 1.165) is 22.3 Å². The van der Waals surface area contributed by atoms with Gasteiger partial charge in [0.25, 0.3) is 0 Å². The van der Waals surface area contributed by atoms with Gasteiger partial charge in [0, 0.05) is 11.8 Å². The summed E-state index contributed by atoms with van der Waals surface area (Å²) in [6, 6.07) is 11.8. The van der Waals surface area contributed by atoms with Crippen LogP contribution in [0.3, 0.4) is 0 Å². The van der Waals surface area contributed by atoms with E-state index >= 15 is 0 Å². The highest BCUT2D eigenvalue weighted by Crippen LogP contribution is 2.44. The Morgan fingerprint density at radius 2 is 1.64 bits per heavy atom. The minimum Gasteiger partial charge on any atom is -0.465 e. The summed E-state index contributed by atoms with van der Waals surface area (Å²) in [7, 11) is 1.38. The lowest BCUT2D eigenvalue weighted by molar-refractivity contribution is -0.125. The van der Waals surface area contributed by atoms with E-state index in [-0.39, 0.29) is 11.4 Å². The third-order valence-electron chi connectivity index (χ3n) is 5.90. The molecule has 1 aliphatic carbocycles. The van der Waals surface area contributed by atoms with Crippen LogP contribution in [0.2, 0.25) is 0 Å². The molecule has 2 aromatic rings. The molecule has 0 fully saturated rings. The van der Waals surface area contributed by atoms with Gasteiger partial charge in [0.05, 0.1) is 12.7 Å². The number of rotatable bonds is 3. The molecule has 0 aromatic heterocycles. The van der Waals surface area contributed by atoms with Gasteiger partial charge in [-0.25, -0.2) is 4.79 Å². The minimum absolute atomic E-state index is 0.166. The molecule has 0 saturated carbocycles. The molecule has 3 heteroatoms. The zero-order valence-electron chi connectivity index (χ0n) is 17.6. The number of ketones is 1. The first-order chi connectivity index (χ1) is 13.1. The molecule has 0 aliphatic heterocycles. The van der Waals surface area contributed by atoms with Crippen LogP contribution in [-0.4, -0.2) is 18.9 Å². The summed E-state index contributed by atoms with van der Waals surface area (Å²) in [6.07, 6.45) is 4.71. The Morgan fingerprint density at radius 1 is 1.00 bits per heavy atom. The van der Waals surface area contributed by atoms with Gasteiger partial charge in [0.15, 0.2) is 0 Å². The average Bonchev–Trinajstić information content (AvgIpc) is 2.65. The van der Waals surface area contributed by atoms with Gasteiger partial charge in [-0.2, -0.15) is 0 Å². The summed E-state index contributed by atoms with van der Waals surface area (Å²) in [5.41, 5.74) is 5.64. The highest BCUT2D eigenvalue weighted by molar-refractivity contribution is 5.93. The Bertz CT molecular complexity index is 960. The minimum atomic E-state index is -0.443. The number of Topliss-reactive ketones (excluding diaryl/α,β-unsaturated/α-hetero) is 1. The molecular formula is C25H28O3. The number of ether oxygens (including phenoxy) is 1. The maximum atomic E-state index is 12.7. The molecule has 0 bridgehead atoms. The predicted molar refractivity (Wildman–Crippen MR) is 114 cm³/mol. The normalized spacial score (nSPS) is 17.4. The molecule has 0 N–H and O–H groups in total. The van der Waals surface area contributed by atoms with Crippen LogP contribution in [0.1, 0.15) is 72.3 Å². The number of benzene rings is 2. The Kier molecular flexibility index (Phi) is 5.05. The second-order valence-electron chi connectivity index (χ2n) is 8.81. The monoisotopic (exact) mass is 376 g/mol. The summed E-state index contributed by atoms with van der Waals surface area (Å²) in [5, 5.41) is 0. The molecule has 0 unspecified atom stereocenters. The molecule has 0 amide bonds. The van der Waals surface area contributed by atoms with E-state index in [1.54, 1.807) is 12.1 Å². The van der Waals surface area contributed by atoms with Crippen molar-refractivity contribution in [2.24, 2.45) is 0 Å². The summed E-state index contributed by atoms with van der Waals surface area (Å²) in [5.74, 6) is -0.0288. The van der Waals surface area contributed by atoms with E-state index in [9.17, 15) is 9.59 Å². The number of fused-ring (bicyclic) bond motifs is 1. The summed E-state index contributed by atoms with van der Waals surface area (Å²) in [6.45, 7) is 10.4. The molecule has 0 saturated heterocycles. The smallest absolute Gasteiger partial charge is 0.337 e. The van der Waals surface area contributed by atoms with Crippen LogP contribution < -0.4 is 0 Å². The molecule has 0 heterocycles. The van der Waals surface area contributed by atoms with Crippen LogP contribution in [0.15, 0.2) is 36.4 Å². The van der Waals surface area contributed by atoms with Crippen molar-refractivity contribution in [2.45, 2.75) is 51.9 Å². The van der Waals surface area contributed by atoms with Gasteiger partial charge in [-0.05, 0) is 66.1 Å². The van der Waals surface area contributed by atoms with Crippen molar-refractivity contribution in [3.63, 3.8) is 0 Å². The number of methoxy groups -OCH3 is 1. The maximum absolute atomic E-state index is 12.7. The molecule has 0 atom stereocenters. The molecule has 146 valence electrons. The molecule has 28 heavy (non-hydrogen) atoms. The average molecular weight is 376 g/mol. The molecule has 3 nitrogen and oxygen atoms in total. The highest BCUT2D eigenvalue weighted by Gasteiger charge is 2.43. The fraction of sp³-hybridized carbons (Fsp3) is 0.360. The van der Waals surface area contributed by atoms with Crippen LogP contribution in [0.25, 0.3) is 12.2 Å². The van der Waals surface area contributed by atoms with Gasteiger partial charge in [0.1, 0.15) is 5.78 Å². The second-order valence-corrected chi connectivity index (χ2v) is 8.81. The van der Waals surface area contributed by atoms with Crippen molar-refractivity contribution in [3.8, 4) is 0 Å². The fourth-order valence-electron chi connectivity index (χ4n) is 3.88. The zero-order chi connectivity index (χ0) is 20.7. The largest absolute Gasteiger partial charge is 0.465 e. The van der Waals surface area contributed by atoms with Crippen LogP contribution in [0, 0.1) is 6.92 Å². The quantitative estimate of drug-likeness (QED) is 0.526. The number of hydrogen-bond acceptors (Lipinski definition) is 3. The van der Waals surface area contributed by atoms with Gasteiger partial charge in [-0.15, -0.1) is 0 Å². The predicted octanol–water partition coefficient (Wildman–Crippen LogP) is 5.48. The van der Waals surface area contributed by atoms with Gasteiger partial charge >= 0.3 is 5.97 Å². The summed E-state index contributed by atoms with van der Waals surface area (Å²) < 4.78 is 4.74. The number of aryl methyl sites for hydroxylation is 1. The number of carbonyl (C=O) groups excluding carboxylic acids is 2. The summed E-state index contributed by atoms with van der Waals surface area (Å²) >= 11 is 0. The first kappa shape index (κ1) is 20.1. The fourth-order valence-corrected chi connectivity index (χ4v) is 3.88. The van der Waals surface area contributed by atoms with Crippen molar-refractivity contribution in [1.82, 2.24) is 0 Å². The molecule has 3 rings (SSSR count). The van der Waals surface area contributed by atoms with Crippen LogP contribution in [0.4, 0.5) is 0 Å². The number of carbonyl (C=O) groups is 2. The standard InChI is InChI=1S/C25H28O3/c1-16-13-21-20(24(2,3)15-22(26)25(21,4)5)14-19(16)12-9-17-7-10-18(11-8-17)23(27)28-6/h7-14H,15H2,1-6H3/b12-9+. The van der Waals surface area contributed by atoms with Gasteiger partial charge in [0.2, 0.25) is 0 Å². The third kappa shape index (κ3) is 3.54. The Labute approximate surface area is 167 Å². The van der Waals surface area contributed by atoms with Gasteiger partial charge < -0.3 is 4.74 Å². The maximum Gasteiger partial charge on any atom is 0.337 e. The molecule has 2 aromatic carbocycles. The molecule has 0 spiro atoms. The van der Waals surface area contributed by atoms with Gasteiger partial charge in [-0.1, -0.05) is 50.3 Å².